The zero-order chi connectivity index (χ0) is 30.0. The maximum absolute atomic E-state index is 12.4. The average Bonchev–Trinajstić information content (AvgIpc) is 3.53. The molecule has 0 aliphatic carbocycles. The molecule has 2 unspecified atom stereocenters. The van der Waals surface area contributed by atoms with E-state index in [4.69, 9.17) is 10.2 Å². The van der Waals surface area contributed by atoms with Crippen molar-refractivity contribution < 1.29 is 29.4 Å². The van der Waals surface area contributed by atoms with E-state index in [0.29, 0.717) is 13.1 Å². The Balaban J connectivity index is 0.000000168. The topological polar surface area (TPSA) is 115 Å². The van der Waals surface area contributed by atoms with E-state index in [1.165, 1.54) is 0 Å². The van der Waals surface area contributed by atoms with E-state index in [1.54, 1.807) is 72.2 Å². The van der Waals surface area contributed by atoms with Gasteiger partial charge in [-0.05, 0) is 72.5 Å². The van der Waals surface area contributed by atoms with Crippen LogP contribution in [0.1, 0.15) is 68.7 Å². The summed E-state index contributed by atoms with van der Waals surface area (Å²) in [7, 11) is 0. The van der Waals surface area contributed by atoms with Gasteiger partial charge in [0, 0.05) is 22.5 Å². The van der Waals surface area contributed by atoms with Gasteiger partial charge in [-0.3, -0.25) is 19.2 Å². The summed E-state index contributed by atoms with van der Waals surface area (Å²) >= 11 is 0. The molecule has 4 aromatic carbocycles. The Labute approximate surface area is 243 Å². The minimum atomic E-state index is -0.854. The van der Waals surface area contributed by atoms with Crippen molar-refractivity contribution >= 4 is 35.1 Å². The smallest absolute Gasteiger partial charge is 0.310 e. The molecule has 2 heterocycles. The van der Waals surface area contributed by atoms with E-state index in [9.17, 15) is 19.2 Å². The number of carboxylic acid groups (broad SMARTS) is 2. The number of rotatable bonds is 6. The monoisotopic (exact) mass is 562 g/mol. The first-order valence-electron chi connectivity index (χ1n) is 13.6. The van der Waals surface area contributed by atoms with Crippen molar-refractivity contribution in [1.82, 2.24) is 0 Å². The number of aliphatic carboxylic acids is 2. The van der Waals surface area contributed by atoms with Crippen LogP contribution in [0.4, 0.5) is 11.4 Å². The molecular weight excluding hydrogens is 532 g/mol. The van der Waals surface area contributed by atoms with Crippen LogP contribution in [0.15, 0.2) is 97.1 Å². The van der Waals surface area contributed by atoms with Crippen LogP contribution in [-0.4, -0.2) is 34.0 Å². The highest BCUT2D eigenvalue weighted by Crippen LogP contribution is 2.30. The highest BCUT2D eigenvalue weighted by atomic mass is 16.4. The van der Waals surface area contributed by atoms with Crippen LogP contribution >= 0.6 is 0 Å². The fraction of sp³-hybridized carbons (Fsp3) is 0.176. The number of carbonyl (C=O) groups excluding carboxylic acids is 2. The molecule has 212 valence electrons. The first-order valence-corrected chi connectivity index (χ1v) is 13.6. The maximum Gasteiger partial charge on any atom is 0.310 e. The third-order valence-electron chi connectivity index (χ3n) is 7.79. The van der Waals surface area contributed by atoms with Crippen LogP contribution in [0.2, 0.25) is 0 Å². The third kappa shape index (κ3) is 5.51. The van der Waals surface area contributed by atoms with Crippen LogP contribution in [-0.2, 0) is 22.7 Å². The number of hydrogen-bond acceptors (Lipinski definition) is 4. The number of anilines is 2. The molecule has 42 heavy (non-hydrogen) atoms. The number of nitrogens with zero attached hydrogens (tertiary/aromatic N) is 2. The van der Waals surface area contributed by atoms with Gasteiger partial charge in [0.05, 0.1) is 24.9 Å². The fourth-order valence-electron chi connectivity index (χ4n) is 5.10. The molecule has 0 spiro atoms. The van der Waals surface area contributed by atoms with Crippen molar-refractivity contribution in [3.05, 3.63) is 130 Å². The highest BCUT2D eigenvalue weighted by molar-refractivity contribution is 6.10. The Morgan fingerprint density at radius 3 is 1.21 bits per heavy atom. The highest BCUT2D eigenvalue weighted by Gasteiger charge is 2.29. The van der Waals surface area contributed by atoms with Gasteiger partial charge in [-0.2, -0.15) is 0 Å². The normalized spacial score (nSPS) is 14.9. The van der Waals surface area contributed by atoms with E-state index < -0.39 is 23.8 Å². The average molecular weight is 563 g/mol. The molecule has 4 aromatic rings. The molecule has 2 N–H and O–H groups in total. The SMILES string of the molecule is CC(C(=O)O)c1ccc(N2Cc3ccccc3C2=O)cc1.CC(C(=O)O)c1ccc(N2Cc3ccccc3C2=O)cc1. The van der Waals surface area contributed by atoms with Crippen LogP contribution < -0.4 is 9.80 Å². The number of carbonyl (C=O) groups is 4. The van der Waals surface area contributed by atoms with Crippen molar-refractivity contribution in [1.29, 1.82) is 0 Å². The summed E-state index contributed by atoms with van der Waals surface area (Å²) in [5, 5.41) is 18.0. The third-order valence-corrected chi connectivity index (χ3v) is 7.79. The molecule has 2 aliphatic heterocycles. The van der Waals surface area contributed by atoms with Crippen LogP contribution in [0.25, 0.3) is 0 Å². The quantitative estimate of drug-likeness (QED) is 0.295. The summed E-state index contributed by atoms with van der Waals surface area (Å²) in [5.41, 5.74) is 6.55. The molecule has 0 saturated heterocycles. The minimum absolute atomic E-state index is 0.00960. The van der Waals surface area contributed by atoms with Crippen LogP contribution in [0.3, 0.4) is 0 Å². The van der Waals surface area contributed by atoms with E-state index in [0.717, 1.165) is 44.8 Å². The number of amides is 2. The van der Waals surface area contributed by atoms with Gasteiger partial charge >= 0.3 is 11.9 Å². The Kier molecular flexibility index (Phi) is 7.88. The minimum Gasteiger partial charge on any atom is -0.481 e. The van der Waals surface area contributed by atoms with E-state index in [2.05, 4.69) is 0 Å². The van der Waals surface area contributed by atoms with Gasteiger partial charge in [-0.25, -0.2) is 0 Å². The lowest BCUT2D eigenvalue weighted by molar-refractivity contribution is -0.139. The largest absolute Gasteiger partial charge is 0.481 e. The molecular formula is C34H30N2O6. The first-order chi connectivity index (χ1) is 20.2. The maximum atomic E-state index is 12.4. The molecule has 0 fully saturated rings. The van der Waals surface area contributed by atoms with Crippen molar-refractivity contribution in [3.8, 4) is 0 Å². The Morgan fingerprint density at radius 2 is 0.905 bits per heavy atom. The summed E-state index contributed by atoms with van der Waals surface area (Å²) in [6, 6.07) is 29.4. The molecule has 2 amide bonds. The van der Waals surface area contributed by atoms with Crippen LogP contribution in [0.5, 0.6) is 0 Å². The Bertz CT molecular complexity index is 1540. The van der Waals surface area contributed by atoms with Gasteiger partial charge in [-0.15, -0.1) is 0 Å². The first kappa shape index (κ1) is 28.3. The van der Waals surface area contributed by atoms with Gasteiger partial charge in [0.25, 0.3) is 11.8 Å². The van der Waals surface area contributed by atoms with E-state index >= 15 is 0 Å². The van der Waals surface area contributed by atoms with Crippen LogP contribution in [0, 0.1) is 0 Å². The summed E-state index contributed by atoms with van der Waals surface area (Å²) in [5.74, 6) is -2.83. The predicted molar refractivity (Wildman–Crippen MR) is 159 cm³/mol. The number of carboxylic acids is 2. The second-order valence-corrected chi connectivity index (χ2v) is 10.4. The summed E-state index contributed by atoms with van der Waals surface area (Å²) < 4.78 is 0. The summed E-state index contributed by atoms with van der Waals surface area (Å²) in [6.45, 7) is 4.41. The summed E-state index contributed by atoms with van der Waals surface area (Å²) in [6.07, 6.45) is 0. The number of hydrogen-bond donors (Lipinski definition) is 2. The molecule has 0 bridgehead atoms. The Hall–Kier alpha value is -5.24. The summed E-state index contributed by atoms with van der Waals surface area (Å²) in [4.78, 5) is 50.1. The lowest BCUT2D eigenvalue weighted by atomic mass is 10.0. The number of fused-ring (bicyclic) bond motifs is 2. The van der Waals surface area contributed by atoms with E-state index in [1.807, 2.05) is 48.5 Å². The second-order valence-electron chi connectivity index (χ2n) is 10.4. The molecule has 0 aromatic heterocycles. The molecule has 8 nitrogen and oxygen atoms in total. The van der Waals surface area contributed by atoms with Gasteiger partial charge in [-0.1, -0.05) is 60.7 Å². The molecule has 2 atom stereocenters. The van der Waals surface area contributed by atoms with Gasteiger partial charge in [0.2, 0.25) is 0 Å². The van der Waals surface area contributed by atoms with Crippen molar-refractivity contribution in [2.24, 2.45) is 0 Å². The van der Waals surface area contributed by atoms with Gasteiger partial charge in [0.15, 0.2) is 0 Å². The fourth-order valence-corrected chi connectivity index (χ4v) is 5.10. The Morgan fingerprint density at radius 1 is 0.571 bits per heavy atom. The molecule has 6 rings (SSSR count). The lowest BCUT2D eigenvalue weighted by Crippen LogP contribution is -2.23. The lowest BCUT2D eigenvalue weighted by Gasteiger charge is -2.16. The molecule has 8 heteroatoms. The van der Waals surface area contributed by atoms with Gasteiger partial charge < -0.3 is 20.0 Å². The van der Waals surface area contributed by atoms with E-state index in [-0.39, 0.29) is 11.8 Å². The standard InChI is InChI=1S/2C17H15NO3/c2*1-11(17(20)21)12-6-8-14(9-7-12)18-10-13-4-2-3-5-15(13)16(18)19/h2*2-9,11H,10H2,1H3,(H,20,21). The second kappa shape index (κ2) is 11.7. The van der Waals surface area contributed by atoms with Crippen molar-refractivity contribution in [2.45, 2.75) is 38.8 Å². The molecule has 2 aliphatic rings. The molecule has 0 saturated carbocycles. The van der Waals surface area contributed by atoms with Crippen molar-refractivity contribution in [2.75, 3.05) is 9.80 Å². The zero-order valence-corrected chi connectivity index (χ0v) is 23.2. The predicted octanol–water partition coefficient (Wildman–Crippen LogP) is 6.07. The van der Waals surface area contributed by atoms with Crippen molar-refractivity contribution in [3.63, 3.8) is 0 Å². The number of benzene rings is 4. The molecule has 0 radical (unpaired) electrons. The zero-order valence-electron chi connectivity index (χ0n) is 23.2. The van der Waals surface area contributed by atoms with Gasteiger partial charge in [0.1, 0.15) is 0 Å².